The molecule has 0 saturated carbocycles. The zero-order valence-electron chi connectivity index (χ0n) is 9.97. The second-order valence-electron chi connectivity index (χ2n) is 3.71. The first-order valence-electron chi connectivity index (χ1n) is 5.47. The molecule has 1 unspecified atom stereocenters. The van der Waals surface area contributed by atoms with Gasteiger partial charge in [0, 0.05) is 12.0 Å². The molecule has 0 aliphatic rings. The largest absolute Gasteiger partial charge is 0.383 e. The number of hydrazine groups is 1. The predicted molar refractivity (Wildman–Crippen MR) is 75.3 cm³/mol. The van der Waals surface area contributed by atoms with Gasteiger partial charge in [0.15, 0.2) is 0 Å². The zero-order chi connectivity index (χ0) is 13.0. The van der Waals surface area contributed by atoms with Crippen LogP contribution in [0.4, 0.5) is 0 Å². The Bertz CT molecular complexity index is 485. The first kappa shape index (κ1) is 13.7. The molecule has 2 aromatic heterocycles. The Balaban J connectivity index is 2.32. The molecule has 1 atom stereocenters. The molecule has 0 spiro atoms. The number of hydrogen-bond acceptors (Lipinski definition) is 5. The summed E-state index contributed by atoms with van der Waals surface area (Å²) in [6.45, 7) is 1.31. The van der Waals surface area contributed by atoms with Gasteiger partial charge in [0.1, 0.15) is 0 Å². The third-order valence-electron chi connectivity index (χ3n) is 2.61. The van der Waals surface area contributed by atoms with Gasteiger partial charge in [0.25, 0.3) is 0 Å². The lowest BCUT2D eigenvalue weighted by Crippen LogP contribution is -2.30. The Morgan fingerprint density at radius 1 is 1.67 bits per heavy atom. The number of nitrogens with zero attached hydrogens (tertiary/aromatic N) is 2. The van der Waals surface area contributed by atoms with E-state index >= 15 is 0 Å². The lowest BCUT2D eigenvalue weighted by Gasteiger charge is -2.17. The van der Waals surface area contributed by atoms with E-state index in [0.717, 1.165) is 15.0 Å². The summed E-state index contributed by atoms with van der Waals surface area (Å²) in [5.74, 6) is 5.69. The van der Waals surface area contributed by atoms with Gasteiger partial charge in [-0.15, -0.1) is 11.3 Å². The summed E-state index contributed by atoms with van der Waals surface area (Å²) < 4.78 is 7.93. The van der Waals surface area contributed by atoms with E-state index in [2.05, 4.69) is 32.5 Å². The van der Waals surface area contributed by atoms with Crippen LogP contribution in [0.1, 0.15) is 16.6 Å². The van der Waals surface area contributed by atoms with Crippen molar-refractivity contribution in [3.8, 4) is 0 Å². The van der Waals surface area contributed by atoms with E-state index in [-0.39, 0.29) is 6.04 Å². The summed E-state index contributed by atoms with van der Waals surface area (Å²) in [4.78, 5) is 1.15. The molecule has 0 saturated heterocycles. The Labute approximate surface area is 118 Å². The molecule has 0 bridgehead atoms. The number of methoxy groups -OCH3 is 1. The third kappa shape index (κ3) is 2.81. The van der Waals surface area contributed by atoms with Crippen LogP contribution in [-0.4, -0.2) is 23.5 Å². The fourth-order valence-electron chi connectivity index (χ4n) is 1.77. The molecule has 7 heteroatoms. The molecule has 18 heavy (non-hydrogen) atoms. The number of nitrogens with two attached hydrogens (primary N) is 1. The maximum absolute atomic E-state index is 5.69. The minimum atomic E-state index is -0.0706. The monoisotopic (exact) mass is 330 g/mol. The van der Waals surface area contributed by atoms with Gasteiger partial charge >= 0.3 is 0 Å². The van der Waals surface area contributed by atoms with Crippen molar-refractivity contribution in [2.24, 2.45) is 5.84 Å². The van der Waals surface area contributed by atoms with Gasteiger partial charge in [-0.25, -0.2) is 5.43 Å². The molecule has 2 heterocycles. The van der Waals surface area contributed by atoms with Crippen molar-refractivity contribution in [1.82, 2.24) is 15.2 Å². The highest BCUT2D eigenvalue weighted by Crippen LogP contribution is 2.30. The normalized spacial score (nSPS) is 12.8. The lowest BCUT2D eigenvalue weighted by molar-refractivity contribution is 0.182. The molecule has 3 N–H and O–H groups in total. The highest BCUT2D eigenvalue weighted by Gasteiger charge is 2.21. The minimum absolute atomic E-state index is 0.0706. The van der Waals surface area contributed by atoms with Gasteiger partial charge in [-0.1, -0.05) is 6.07 Å². The molecule has 0 aliphatic heterocycles. The quantitative estimate of drug-likeness (QED) is 0.627. The Hall–Kier alpha value is -0.730. The molecule has 98 valence electrons. The van der Waals surface area contributed by atoms with Crippen molar-refractivity contribution < 1.29 is 4.74 Å². The SMILES string of the molecule is COCCn1ncc(Br)c1C(NN)c1cccs1. The lowest BCUT2D eigenvalue weighted by atomic mass is 10.2. The number of hydrogen-bond donors (Lipinski definition) is 2. The Morgan fingerprint density at radius 2 is 2.50 bits per heavy atom. The summed E-state index contributed by atoms with van der Waals surface area (Å²) in [5, 5.41) is 6.36. The molecule has 0 radical (unpaired) electrons. The van der Waals surface area contributed by atoms with Crippen LogP contribution in [-0.2, 0) is 11.3 Å². The van der Waals surface area contributed by atoms with Crippen LogP contribution >= 0.6 is 27.3 Å². The van der Waals surface area contributed by atoms with Crippen LogP contribution in [0, 0.1) is 0 Å². The molecular weight excluding hydrogens is 316 g/mol. The summed E-state index contributed by atoms with van der Waals surface area (Å²) >= 11 is 5.18. The first-order chi connectivity index (χ1) is 8.77. The molecule has 0 aromatic carbocycles. The highest BCUT2D eigenvalue weighted by atomic mass is 79.9. The Kier molecular flexibility index (Phi) is 4.90. The second-order valence-corrected chi connectivity index (χ2v) is 5.54. The number of halogens is 1. The van der Waals surface area contributed by atoms with Gasteiger partial charge < -0.3 is 4.74 Å². The minimum Gasteiger partial charge on any atom is -0.383 e. The van der Waals surface area contributed by atoms with E-state index in [1.807, 2.05) is 16.1 Å². The van der Waals surface area contributed by atoms with Crippen molar-refractivity contribution in [2.75, 3.05) is 13.7 Å². The van der Waals surface area contributed by atoms with Gasteiger partial charge in [0.2, 0.25) is 0 Å². The van der Waals surface area contributed by atoms with Gasteiger partial charge in [-0.3, -0.25) is 10.5 Å². The number of aromatic nitrogens is 2. The van der Waals surface area contributed by atoms with Crippen LogP contribution in [0.2, 0.25) is 0 Å². The topological polar surface area (TPSA) is 65.1 Å². The smallest absolute Gasteiger partial charge is 0.0981 e. The van der Waals surface area contributed by atoms with Crippen LogP contribution in [0.25, 0.3) is 0 Å². The van der Waals surface area contributed by atoms with E-state index in [9.17, 15) is 0 Å². The number of thiophene rings is 1. The van der Waals surface area contributed by atoms with Gasteiger partial charge in [-0.05, 0) is 27.4 Å². The van der Waals surface area contributed by atoms with E-state index in [1.54, 1.807) is 24.6 Å². The van der Waals surface area contributed by atoms with Crippen molar-refractivity contribution in [2.45, 2.75) is 12.6 Å². The van der Waals surface area contributed by atoms with E-state index in [0.29, 0.717) is 13.2 Å². The fourth-order valence-corrected chi connectivity index (χ4v) is 3.08. The molecule has 0 fully saturated rings. The maximum atomic E-state index is 5.69. The molecule has 0 aliphatic carbocycles. The van der Waals surface area contributed by atoms with E-state index in [1.165, 1.54) is 0 Å². The molecule has 2 aromatic rings. The fraction of sp³-hybridized carbons (Fsp3) is 0.364. The number of nitrogens with one attached hydrogen (secondary N) is 1. The molecule has 5 nitrogen and oxygen atoms in total. The van der Waals surface area contributed by atoms with Crippen molar-refractivity contribution >= 4 is 27.3 Å². The maximum Gasteiger partial charge on any atom is 0.0981 e. The molecular formula is C11H15BrN4OS. The average Bonchev–Trinajstić information content (AvgIpc) is 3.00. The summed E-state index contributed by atoms with van der Waals surface area (Å²) in [6, 6.07) is 3.99. The van der Waals surface area contributed by atoms with Crippen LogP contribution < -0.4 is 11.3 Å². The average molecular weight is 331 g/mol. The predicted octanol–water partition coefficient (Wildman–Crippen LogP) is 1.91. The number of ether oxygens (including phenoxy) is 1. The first-order valence-corrected chi connectivity index (χ1v) is 7.15. The van der Waals surface area contributed by atoms with Crippen LogP contribution in [0.15, 0.2) is 28.2 Å². The number of rotatable bonds is 6. The van der Waals surface area contributed by atoms with Crippen molar-refractivity contribution in [3.05, 3.63) is 38.8 Å². The van der Waals surface area contributed by atoms with Crippen LogP contribution in [0.3, 0.4) is 0 Å². The summed E-state index contributed by atoms with van der Waals surface area (Å²) in [5.41, 5.74) is 3.85. The zero-order valence-corrected chi connectivity index (χ0v) is 12.4. The van der Waals surface area contributed by atoms with Crippen LogP contribution in [0.5, 0.6) is 0 Å². The third-order valence-corrected chi connectivity index (χ3v) is 4.16. The van der Waals surface area contributed by atoms with Gasteiger partial charge in [0.05, 0.1) is 35.6 Å². The summed E-state index contributed by atoms with van der Waals surface area (Å²) in [6.07, 6.45) is 1.78. The van der Waals surface area contributed by atoms with Gasteiger partial charge in [-0.2, -0.15) is 5.10 Å². The van der Waals surface area contributed by atoms with E-state index in [4.69, 9.17) is 10.6 Å². The summed E-state index contributed by atoms with van der Waals surface area (Å²) in [7, 11) is 1.68. The second kappa shape index (κ2) is 6.44. The molecule has 2 rings (SSSR count). The molecule has 0 amide bonds. The standard InChI is InChI=1S/C11H15BrN4OS/c1-17-5-4-16-11(8(12)7-14-16)10(15-13)9-3-2-6-18-9/h2-3,6-7,10,15H,4-5,13H2,1H3. The van der Waals surface area contributed by atoms with Crippen molar-refractivity contribution in [1.29, 1.82) is 0 Å². The van der Waals surface area contributed by atoms with Crippen molar-refractivity contribution in [3.63, 3.8) is 0 Å². The van der Waals surface area contributed by atoms with E-state index < -0.39 is 0 Å². The highest BCUT2D eigenvalue weighted by molar-refractivity contribution is 9.10. The Morgan fingerprint density at radius 3 is 3.11 bits per heavy atom.